The zero-order chi connectivity index (χ0) is 14.0. The topological polar surface area (TPSA) is 90.9 Å². The third-order valence-corrected chi connectivity index (χ3v) is 3.46. The Morgan fingerprint density at radius 3 is 2.84 bits per heavy atom. The number of aryl methyl sites for hydroxylation is 1. The molecule has 0 saturated carbocycles. The maximum absolute atomic E-state index is 8.74. The fraction of sp³-hybridized carbons (Fsp3) is 0.583. The molecule has 3 N–H and O–H groups in total. The minimum Gasteiger partial charge on any atom is -0.409 e. The number of nitrogens with two attached hydrogens (primary N) is 1. The molecule has 1 unspecified atom stereocenters. The lowest BCUT2D eigenvalue weighted by atomic mass is 10.2. The normalized spacial score (nSPS) is 21.7. The van der Waals surface area contributed by atoms with E-state index in [9.17, 15) is 0 Å². The van der Waals surface area contributed by atoms with Gasteiger partial charge in [-0.1, -0.05) is 5.16 Å². The Labute approximate surface area is 112 Å². The molecule has 7 heteroatoms. The molecule has 1 fully saturated rings. The summed E-state index contributed by atoms with van der Waals surface area (Å²) in [4.78, 5) is 13.2. The Hall–Kier alpha value is -1.89. The van der Waals surface area contributed by atoms with Gasteiger partial charge in [-0.2, -0.15) is 0 Å². The molecule has 1 aromatic heterocycles. The summed E-state index contributed by atoms with van der Waals surface area (Å²) in [6.45, 7) is 6.76. The average molecular weight is 264 g/mol. The quantitative estimate of drug-likeness (QED) is 0.339. The van der Waals surface area contributed by atoms with Crippen molar-refractivity contribution in [2.75, 3.05) is 31.6 Å². The van der Waals surface area contributed by atoms with Gasteiger partial charge in [0.15, 0.2) is 5.84 Å². The van der Waals surface area contributed by atoms with Crippen LogP contribution in [0.2, 0.25) is 0 Å². The number of hydrogen-bond donors (Lipinski definition) is 2. The molecule has 0 aromatic carbocycles. The largest absolute Gasteiger partial charge is 0.409 e. The van der Waals surface area contributed by atoms with Crippen LogP contribution < -0.4 is 10.6 Å². The van der Waals surface area contributed by atoms with Gasteiger partial charge < -0.3 is 20.7 Å². The number of hydrogen-bond acceptors (Lipinski definition) is 6. The number of rotatable bonds is 2. The molecule has 0 amide bonds. The third kappa shape index (κ3) is 2.93. The van der Waals surface area contributed by atoms with Crippen LogP contribution in [-0.4, -0.2) is 58.6 Å². The summed E-state index contributed by atoms with van der Waals surface area (Å²) >= 11 is 0. The lowest BCUT2D eigenvalue weighted by Crippen LogP contribution is -2.50. The molecular formula is C12H20N6O. The van der Waals surface area contributed by atoms with E-state index in [1.165, 1.54) is 0 Å². The number of likely N-dealkylation sites (N-methyl/N-ethyl adjacent to an activating group) is 1. The molecular weight excluding hydrogens is 244 g/mol. The van der Waals surface area contributed by atoms with Crippen molar-refractivity contribution in [3.63, 3.8) is 0 Å². The summed E-state index contributed by atoms with van der Waals surface area (Å²) in [6, 6.07) is 2.16. The highest BCUT2D eigenvalue weighted by atomic mass is 16.4. The Morgan fingerprint density at radius 1 is 1.47 bits per heavy atom. The predicted molar refractivity (Wildman–Crippen MR) is 73.6 cm³/mol. The summed E-state index contributed by atoms with van der Waals surface area (Å²) in [6.07, 6.45) is 0. The van der Waals surface area contributed by atoms with Crippen molar-refractivity contribution in [3.05, 3.63) is 17.5 Å². The Balaban J connectivity index is 2.27. The molecule has 1 atom stereocenters. The molecule has 0 radical (unpaired) electrons. The summed E-state index contributed by atoms with van der Waals surface area (Å²) in [5.74, 6) is 0.649. The van der Waals surface area contributed by atoms with Crippen molar-refractivity contribution in [1.29, 1.82) is 0 Å². The van der Waals surface area contributed by atoms with Gasteiger partial charge in [-0.25, -0.2) is 9.97 Å². The highest BCUT2D eigenvalue weighted by molar-refractivity contribution is 5.95. The molecule has 1 saturated heterocycles. The van der Waals surface area contributed by atoms with Crippen LogP contribution in [0.1, 0.15) is 18.3 Å². The van der Waals surface area contributed by atoms with E-state index in [-0.39, 0.29) is 5.84 Å². The summed E-state index contributed by atoms with van der Waals surface area (Å²) < 4.78 is 0. The molecule has 0 aliphatic carbocycles. The van der Waals surface area contributed by atoms with Gasteiger partial charge in [0.25, 0.3) is 0 Å². The first-order valence-electron chi connectivity index (χ1n) is 6.30. The first-order valence-corrected chi connectivity index (χ1v) is 6.30. The minimum atomic E-state index is 0.00826. The van der Waals surface area contributed by atoms with Gasteiger partial charge in [-0.05, 0) is 27.0 Å². The molecule has 2 heterocycles. The maximum atomic E-state index is 8.74. The zero-order valence-corrected chi connectivity index (χ0v) is 11.5. The second-order valence-corrected chi connectivity index (χ2v) is 4.96. The molecule has 19 heavy (non-hydrogen) atoms. The van der Waals surface area contributed by atoms with Crippen molar-refractivity contribution in [3.8, 4) is 0 Å². The number of nitrogens with zero attached hydrogens (tertiary/aromatic N) is 5. The molecule has 1 aromatic rings. The van der Waals surface area contributed by atoms with E-state index in [0.29, 0.717) is 17.7 Å². The first kappa shape index (κ1) is 13.5. The van der Waals surface area contributed by atoms with Crippen molar-refractivity contribution >= 4 is 11.8 Å². The van der Waals surface area contributed by atoms with Gasteiger partial charge in [-0.3, -0.25) is 0 Å². The Bertz CT molecular complexity index is 489. The minimum absolute atomic E-state index is 0.00826. The highest BCUT2D eigenvalue weighted by Gasteiger charge is 2.23. The first-order chi connectivity index (χ1) is 9.01. The fourth-order valence-electron chi connectivity index (χ4n) is 2.11. The molecule has 104 valence electrons. The SMILES string of the molecule is Cc1cc(/C(N)=N/O)nc(N2CCN(C)C(C)C2)n1. The smallest absolute Gasteiger partial charge is 0.226 e. The number of amidine groups is 1. The van der Waals surface area contributed by atoms with Crippen LogP contribution in [0.15, 0.2) is 11.2 Å². The van der Waals surface area contributed by atoms with Gasteiger partial charge >= 0.3 is 0 Å². The molecule has 1 aliphatic heterocycles. The predicted octanol–water partition coefficient (Wildman–Crippen LogP) is 0.0198. The molecule has 7 nitrogen and oxygen atoms in total. The number of piperazine rings is 1. The van der Waals surface area contributed by atoms with E-state index in [4.69, 9.17) is 10.9 Å². The van der Waals surface area contributed by atoms with E-state index in [1.807, 2.05) is 6.92 Å². The van der Waals surface area contributed by atoms with Gasteiger partial charge in [0.1, 0.15) is 5.69 Å². The maximum Gasteiger partial charge on any atom is 0.226 e. The van der Waals surface area contributed by atoms with Gasteiger partial charge in [0.05, 0.1) is 0 Å². The standard InChI is InChI=1S/C12H20N6O/c1-8-6-10(11(13)16-19)15-12(14-8)18-5-4-17(3)9(2)7-18/h6,9,19H,4-5,7H2,1-3H3,(H2,13,16). The van der Waals surface area contributed by atoms with Crippen molar-refractivity contribution in [2.24, 2.45) is 10.9 Å². The lowest BCUT2D eigenvalue weighted by Gasteiger charge is -2.37. The van der Waals surface area contributed by atoms with E-state index in [1.54, 1.807) is 6.07 Å². The van der Waals surface area contributed by atoms with Gasteiger partial charge in [0, 0.05) is 31.4 Å². The van der Waals surface area contributed by atoms with Crippen LogP contribution in [0, 0.1) is 6.92 Å². The second kappa shape index (κ2) is 5.40. The van der Waals surface area contributed by atoms with E-state index >= 15 is 0 Å². The van der Waals surface area contributed by atoms with Crippen molar-refractivity contribution in [1.82, 2.24) is 14.9 Å². The van der Waals surface area contributed by atoms with Crippen molar-refractivity contribution in [2.45, 2.75) is 19.9 Å². The van der Waals surface area contributed by atoms with Crippen LogP contribution in [0.25, 0.3) is 0 Å². The van der Waals surface area contributed by atoms with Crippen LogP contribution >= 0.6 is 0 Å². The molecule has 1 aliphatic rings. The summed E-state index contributed by atoms with van der Waals surface area (Å²) in [5.41, 5.74) is 6.85. The lowest BCUT2D eigenvalue weighted by molar-refractivity contribution is 0.232. The molecule has 0 bridgehead atoms. The number of oxime groups is 1. The Kier molecular flexibility index (Phi) is 3.84. The number of aromatic nitrogens is 2. The summed E-state index contributed by atoms with van der Waals surface area (Å²) in [5, 5.41) is 11.7. The Morgan fingerprint density at radius 2 is 2.21 bits per heavy atom. The van der Waals surface area contributed by atoms with Gasteiger partial charge in [-0.15, -0.1) is 0 Å². The average Bonchev–Trinajstić information content (AvgIpc) is 2.40. The molecule has 2 rings (SSSR count). The van der Waals surface area contributed by atoms with E-state index < -0.39 is 0 Å². The van der Waals surface area contributed by atoms with Crippen LogP contribution in [-0.2, 0) is 0 Å². The second-order valence-electron chi connectivity index (χ2n) is 4.96. The van der Waals surface area contributed by atoms with Crippen LogP contribution in [0.5, 0.6) is 0 Å². The highest BCUT2D eigenvalue weighted by Crippen LogP contribution is 2.15. The van der Waals surface area contributed by atoms with Crippen molar-refractivity contribution < 1.29 is 5.21 Å². The van der Waals surface area contributed by atoms with E-state index in [2.05, 4.69) is 38.9 Å². The van der Waals surface area contributed by atoms with E-state index in [0.717, 1.165) is 25.3 Å². The number of anilines is 1. The van der Waals surface area contributed by atoms with Gasteiger partial charge in [0.2, 0.25) is 5.95 Å². The summed E-state index contributed by atoms with van der Waals surface area (Å²) in [7, 11) is 2.11. The third-order valence-electron chi connectivity index (χ3n) is 3.46. The zero-order valence-electron chi connectivity index (χ0n) is 11.5. The monoisotopic (exact) mass is 264 g/mol. The molecule has 0 spiro atoms. The fourth-order valence-corrected chi connectivity index (χ4v) is 2.11. The van der Waals surface area contributed by atoms with Crippen LogP contribution in [0.4, 0.5) is 5.95 Å². The van der Waals surface area contributed by atoms with Crippen LogP contribution in [0.3, 0.4) is 0 Å².